The highest BCUT2D eigenvalue weighted by Gasteiger charge is 2.37. The summed E-state index contributed by atoms with van der Waals surface area (Å²) in [5.41, 5.74) is 3.83. The van der Waals surface area contributed by atoms with E-state index in [2.05, 4.69) is 15.4 Å². The Labute approximate surface area is 203 Å². The number of aryl methyl sites for hydroxylation is 2. The van der Waals surface area contributed by atoms with Crippen LogP contribution in [0.25, 0.3) is 0 Å². The molecule has 2 aliphatic heterocycles. The zero-order chi connectivity index (χ0) is 24.0. The molecule has 0 unspecified atom stereocenters. The van der Waals surface area contributed by atoms with E-state index in [0.717, 1.165) is 33.6 Å². The molecule has 174 valence electrons. The molecule has 1 aromatic carbocycles. The van der Waals surface area contributed by atoms with Crippen molar-refractivity contribution in [2.75, 3.05) is 13.1 Å². The molecule has 5 rings (SSSR count). The van der Waals surface area contributed by atoms with Crippen molar-refractivity contribution in [2.45, 2.75) is 32.6 Å². The number of hydrazine groups is 1. The number of carbonyl (C=O) groups excluding carboxylic acids is 4. The maximum absolute atomic E-state index is 12.8. The Morgan fingerprint density at radius 3 is 2.26 bits per heavy atom. The summed E-state index contributed by atoms with van der Waals surface area (Å²) in [5, 5.41) is 4.05. The second-order valence-electron chi connectivity index (χ2n) is 8.22. The topological polar surface area (TPSA) is 113 Å². The molecule has 34 heavy (non-hydrogen) atoms. The zero-order valence-corrected chi connectivity index (χ0v) is 20.2. The van der Waals surface area contributed by atoms with Crippen LogP contribution < -0.4 is 5.43 Å². The van der Waals surface area contributed by atoms with Crippen molar-refractivity contribution in [3.63, 3.8) is 0 Å². The number of hydrogen-bond donors (Lipinski definition) is 1. The largest absolute Gasteiger partial charge is 0.338 e. The van der Waals surface area contributed by atoms with Gasteiger partial charge in [0.1, 0.15) is 10.6 Å². The van der Waals surface area contributed by atoms with Gasteiger partial charge in [-0.2, -0.15) is 5.01 Å². The summed E-state index contributed by atoms with van der Waals surface area (Å²) in [5.74, 6) is -1.58. The van der Waals surface area contributed by atoms with Crippen LogP contribution in [0, 0.1) is 13.8 Å². The number of benzene rings is 1. The maximum atomic E-state index is 12.8. The fourth-order valence-electron chi connectivity index (χ4n) is 4.23. The summed E-state index contributed by atoms with van der Waals surface area (Å²) < 4.78 is 0. The molecule has 3 aromatic rings. The minimum absolute atomic E-state index is 0.0155. The first-order valence-corrected chi connectivity index (χ1v) is 12.5. The third kappa shape index (κ3) is 3.90. The predicted octanol–water partition coefficient (Wildman–Crippen LogP) is 3.18. The molecule has 0 bridgehead atoms. The normalized spacial score (nSPS) is 16.2. The molecule has 2 aromatic heterocycles. The predicted molar refractivity (Wildman–Crippen MR) is 126 cm³/mol. The molecule has 0 spiro atoms. The van der Waals surface area contributed by atoms with E-state index in [0.29, 0.717) is 18.0 Å². The highest BCUT2D eigenvalue weighted by Crippen LogP contribution is 2.32. The van der Waals surface area contributed by atoms with Crippen molar-refractivity contribution in [1.82, 2.24) is 25.3 Å². The van der Waals surface area contributed by atoms with E-state index in [1.807, 2.05) is 18.7 Å². The van der Waals surface area contributed by atoms with Gasteiger partial charge in [-0.05, 0) is 38.8 Å². The van der Waals surface area contributed by atoms with E-state index >= 15 is 0 Å². The molecule has 2 aliphatic rings. The Balaban J connectivity index is 1.21. The average molecular weight is 496 g/mol. The van der Waals surface area contributed by atoms with Gasteiger partial charge in [0.05, 0.1) is 26.8 Å². The third-order valence-electron chi connectivity index (χ3n) is 5.99. The highest BCUT2D eigenvalue weighted by molar-refractivity contribution is 7.13. The lowest BCUT2D eigenvalue weighted by molar-refractivity contribution is 0.0516. The first kappa shape index (κ1) is 22.4. The lowest BCUT2D eigenvalue weighted by atomic mass is 9.97. The molecule has 4 amide bonds. The standard InChI is InChI=1S/C23H21N5O4S2/c1-12-18(34-13(2)24-12)23(32)27-9-7-14(8-10-27)20-25-17(11-33-20)19(29)26-28-21(30)15-5-3-4-6-16(15)22(28)31/h3-6,11,14H,7-10H2,1-2H3,(H,26,29). The van der Waals surface area contributed by atoms with E-state index in [-0.39, 0.29) is 28.6 Å². The Hall–Kier alpha value is -3.44. The van der Waals surface area contributed by atoms with Gasteiger partial charge in [-0.3, -0.25) is 24.6 Å². The summed E-state index contributed by atoms with van der Waals surface area (Å²) in [4.78, 5) is 61.8. The second kappa shape index (κ2) is 8.73. The number of hydrogen-bond acceptors (Lipinski definition) is 8. The van der Waals surface area contributed by atoms with E-state index in [4.69, 9.17) is 0 Å². The molecular weight excluding hydrogens is 474 g/mol. The summed E-state index contributed by atoms with van der Waals surface area (Å²) in [6.07, 6.45) is 1.49. The van der Waals surface area contributed by atoms with Crippen molar-refractivity contribution in [2.24, 2.45) is 0 Å². The maximum Gasteiger partial charge on any atom is 0.289 e. The van der Waals surface area contributed by atoms with Gasteiger partial charge in [-0.25, -0.2) is 9.97 Å². The van der Waals surface area contributed by atoms with Crippen LogP contribution in [0.1, 0.15) is 75.3 Å². The van der Waals surface area contributed by atoms with Gasteiger partial charge < -0.3 is 4.90 Å². The Bertz CT molecular complexity index is 1290. The molecular formula is C23H21N5O4S2. The molecule has 9 nitrogen and oxygen atoms in total. The molecule has 1 N–H and O–H groups in total. The number of amides is 4. The average Bonchev–Trinajstić information content (AvgIpc) is 3.53. The van der Waals surface area contributed by atoms with Crippen molar-refractivity contribution in [1.29, 1.82) is 0 Å². The number of imide groups is 1. The lowest BCUT2D eigenvalue weighted by Gasteiger charge is -2.30. The zero-order valence-electron chi connectivity index (χ0n) is 18.5. The monoisotopic (exact) mass is 495 g/mol. The number of nitrogens with one attached hydrogen (secondary N) is 1. The Kier molecular flexibility index (Phi) is 5.74. The van der Waals surface area contributed by atoms with Crippen molar-refractivity contribution in [3.05, 3.63) is 67.1 Å². The van der Waals surface area contributed by atoms with E-state index < -0.39 is 17.7 Å². The first-order valence-electron chi connectivity index (χ1n) is 10.8. The molecule has 11 heteroatoms. The van der Waals surface area contributed by atoms with Crippen LogP contribution >= 0.6 is 22.7 Å². The molecule has 1 fully saturated rings. The van der Waals surface area contributed by atoms with Crippen LogP contribution in [0.4, 0.5) is 0 Å². The van der Waals surface area contributed by atoms with Crippen LogP contribution in [0.3, 0.4) is 0 Å². The summed E-state index contributed by atoms with van der Waals surface area (Å²) in [6, 6.07) is 6.44. The molecule has 0 saturated carbocycles. The molecule has 0 aliphatic carbocycles. The Morgan fingerprint density at radius 2 is 1.68 bits per heavy atom. The number of piperidine rings is 1. The van der Waals surface area contributed by atoms with Gasteiger partial charge in [-0.1, -0.05) is 12.1 Å². The lowest BCUT2D eigenvalue weighted by Crippen LogP contribution is -2.46. The fraction of sp³-hybridized carbons (Fsp3) is 0.304. The van der Waals surface area contributed by atoms with Crippen LogP contribution in [0.2, 0.25) is 0 Å². The minimum atomic E-state index is -0.610. The molecule has 4 heterocycles. The smallest absolute Gasteiger partial charge is 0.289 e. The fourth-order valence-corrected chi connectivity index (χ4v) is 6.09. The number of thiazole rings is 2. The van der Waals surface area contributed by atoms with Gasteiger partial charge >= 0.3 is 0 Å². The SMILES string of the molecule is Cc1nc(C)c(C(=O)N2CCC(c3nc(C(=O)NN4C(=O)c5ccccc5C4=O)cs3)CC2)s1. The molecule has 0 atom stereocenters. The number of likely N-dealkylation sites (tertiary alicyclic amines) is 1. The van der Waals surface area contributed by atoms with Crippen LogP contribution in [0.15, 0.2) is 29.6 Å². The van der Waals surface area contributed by atoms with E-state index in [1.54, 1.807) is 29.6 Å². The first-order chi connectivity index (χ1) is 16.3. The Morgan fingerprint density at radius 1 is 1.03 bits per heavy atom. The number of nitrogens with zero attached hydrogens (tertiary/aromatic N) is 4. The van der Waals surface area contributed by atoms with E-state index in [9.17, 15) is 19.2 Å². The van der Waals surface area contributed by atoms with E-state index in [1.165, 1.54) is 22.7 Å². The quantitative estimate of drug-likeness (QED) is 0.557. The third-order valence-corrected chi connectivity index (χ3v) is 8.06. The van der Waals surface area contributed by atoms with Crippen LogP contribution in [-0.4, -0.2) is 56.6 Å². The second-order valence-corrected chi connectivity index (χ2v) is 10.3. The minimum Gasteiger partial charge on any atom is -0.338 e. The van der Waals surface area contributed by atoms with Gasteiger partial charge in [0, 0.05) is 24.4 Å². The van der Waals surface area contributed by atoms with Gasteiger partial charge in [0.2, 0.25) is 0 Å². The van der Waals surface area contributed by atoms with Crippen molar-refractivity contribution >= 4 is 46.3 Å². The number of carbonyl (C=O) groups is 4. The summed E-state index contributed by atoms with van der Waals surface area (Å²) >= 11 is 2.79. The van der Waals surface area contributed by atoms with Crippen LogP contribution in [0.5, 0.6) is 0 Å². The summed E-state index contributed by atoms with van der Waals surface area (Å²) in [7, 11) is 0. The van der Waals surface area contributed by atoms with Crippen molar-refractivity contribution < 1.29 is 19.2 Å². The molecule has 0 radical (unpaired) electrons. The highest BCUT2D eigenvalue weighted by atomic mass is 32.1. The van der Waals surface area contributed by atoms with Crippen LogP contribution in [-0.2, 0) is 0 Å². The van der Waals surface area contributed by atoms with Crippen molar-refractivity contribution in [3.8, 4) is 0 Å². The van der Waals surface area contributed by atoms with Gasteiger partial charge in [-0.15, -0.1) is 22.7 Å². The van der Waals surface area contributed by atoms with Gasteiger partial charge in [0.15, 0.2) is 0 Å². The molecule has 1 saturated heterocycles. The summed E-state index contributed by atoms with van der Waals surface area (Å²) in [6.45, 7) is 4.96. The number of fused-ring (bicyclic) bond motifs is 1. The van der Waals surface area contributed by atoms with Gasteiger partial charge in [0.25, 0.3) is 23.6 Å². The number of aromatic nitrogens is 2. The number of rotatable bonds is 4.